The molecule has 2 heteroatoms. The van der Waals surface area contributed by atoms with Gasteiger partial charge in [0.15, 0.2) is 0 Å². The van der Waals surface area contributed by atoms with Crippen molar-refractivity contribution in [1.29, 1.82) is 0 Å². The summed E-state index contributed by atoms with van der Waals surface area (Å²) in [4.78, 5) is 2.63. The van der Waals surface area contributed by atoms with Crippen LogP contribution in [0.5, 0.6) is 0 Å². The highest BCUT2D eigenvalue weighted by Gasteiger charge is 2.31. The van der Waals surface area contributed by atoms with Gasteiger partial charge in [-0.25, -0.2) is 0 Å². The zero-order valence-corrected chi connectivity index (χ0v) is 11.7. The number of rotatable bonds is 5. The van der Waals surface area contributed by atoms with E-state index in [-0.39, 0.29) is 0 Å². The lowest BCUT2D eigenvalue weighted by molar-refractivity contribution is 0.180. The summed E-state index contributed by atoms with van der Waals surface area (Å²) in [5.74, 6) is 2.24. The minimum Gasteiger partial charge on any atom is -0.326 e. The van der Waals surface area contributed by atoms with Gasteiger partial charge in [-0.2, -0.15) is 0 Å². The van der Waals surface area contributed by atoms with Crippen LogP contribution in [0.3, 0.4) is 0 Å². The largest absolute Gasteiger partial charge is 0.326 e. The maximum Gasteiger partial charge on any atom is 0.0206 e. The summed E-state index contributed by atoms with van der Waals surface area (Å²) in [6.45, 7) is 13.9. The minimum atomic E-state index is 0.391. The molecule has 0 spiro atoms. The summed E-state index contributed by atoms with van der Waals surface area (Å²) in [5, 5.41) is 0. The monoisotopic (exact) mass is 226 g/mol. The van der Waals surface area contributed by atoms with E-state index in [2.05, 4.69) is 39.5 Å². The molecule has 1 saturated heterocycles. The van der Waals surface area contributed by atoms with E-state index in [9.17, 15) is 0 Å². The Balaban J connectivity index is 2.55. The van der Waals surface area contributed by atoms with Gasteiger partial charge in [0.25, 0.3) is 0 Å². The Morgan fingerprint density at radius 2 is 1.56 bits per heavy atom. The summed E-state index contributed by atoms with van der Waals surface area (Å²) >= 11 is 0. The number of hydrogen-bond donors (Lipinski definition) is 1. The van der Waals surface area contributed by atoms with Crippen molar-refractivity contribution in [3.8, 4) is 0 Å². The lowest BCUT2D eigenvalue weighted by atomic mass is 9.94. The van der Waals surface area contributed by atoms with Crippen LogP contribution in [0.4, 0.5) is 0 Å². The second-order valence-corrected chi connectivity index (χ2v) is 6.51. The van der Waals surface area contributed by atoms with Gasteiger partial charge in [-0.3, -0.25) is 4.90 Å². The van der Waals surface area contributed by atoms with E-state index >= 15 is 0 Å². The van der Waals surface area contributed by atoms with Gasteiger partial charge in [0.2, 0.25) is 0 Å². The summed E-state index contributed by atoms with van der Waals surface area (Å²) < 4.78 is 0. The zero-order chi connectivity index (χ0) is 12.3. The first-order chi connectivity index (χ1) is 7.40. The Hall–Kier alpha value is -0.0800. The molecule has 16 heavy (non-hydrogen) atoms. The molecule has 1 aliphatic rings. The molecule has 0 amide bonds. The Kier molecular flexibility index (Phi) is 5.26. The van der Waals surface area contributed by atoms with Gasteiger partial charge in [0.1, 0.15) is 0 Å². The third-order valence-corrected chi connectivity index (χ3v) is 3.70. The van der Waals surface area contributed by atoms with Gasteiger partial charge in [-0.15, -0.1) is 0 Å². The number of hydrogen-bond acceptors (Lipinski definition) is 2. The maximum atomic E-state index is 6.13. The second kappa shape index (κ2) is 6.02. The van der Waals surface area contributed by atoms with E-state index in [1.807, 2.05) is 0 Å². The highest BCUT2D eigenvalue weighted by atomic mass is 15.2. The maximum absolute atomic E-state index is 6.13. The molecule has 2 N–H and O–H groups in total. The minimum absolute atomic E-state index is 0.391. The number of likely N-dealkylation sites (tertiary alicyclic amines) is 1. The highest BCUT2D eigenvalue weighted by Crippen LogP contribution is 2.25. The molecule has 2 atom stereocenters. The molecule has 0 radical (unpaired) electrons. The molecule has 96 valence electrons. The normalized spacial score (nSPS) is 27.6. The van der Waals surface area contributed by atoms with Crippen molar-refractivity contribution in [2.75, 3.05) is 13.1 Å². The van der Waals surface area contributed by atoms with Crippen molar-refractivity contribution in [1.82, 2.24) is 4.90 Å². The van der Waals surface area contributed by atoms with E-state index in [4.69, 9.17) is 5.73 Å². The van der Waals surface area contributed by atoms with Gasteiger partial charge < -0.3 is 5.73 Å². The van der Waals surface area contributed by atoms with E-state index < -0.39 is 0 Å². The average Bonchev–Trinajstić information content (AvgIpc) is 2.44. The molecule has 1 fully saturated rings. The van der Waals surface area contributed by atoms with Crippen LogP contribution in [0.2, 0.25) is 0 Å². The lowest BCUT2D eigenvalue weighted by Gasteiger charge is -2.30. The van der Waals surface area contributed by atoms with Crippen LogP contribution < -0.4 is 5.73 Å². The van der Waals surface area contributed by atoms with Crippen LogP contribution in [0.1, 0.15) is 47.5 Å². The predicted molar refractivity (Wildman–Crippen MR) is 71.4 cm³/mol. The van der Waals surface area contributed by atoms with Crippen molar-refractivity contribution in [3.05, 3.63) is 0 Å². The van der Waals surface area contributed by atoms with Crippen molar-refractivity contribution >= 4 is 0 Å². The molecular weight excluding hydrogens is 196 g/mol. The smallest absolute Gasteiger partial charge is 0.0206 e. The van der Waals surface area contributed by atoms with Gasteiger partial charge in [-0.05, 0) is 30.6 Å². The lowest BCUT2D eigenvalue weighted by Crippen LogP contribution is -2.37. The Labute approximate surface area is 102 Å². The molecule has 1 heterocycles. The van der Waals surface area contributed by atoms with Crippen LogP contribution in [0.15, 0.2) is 0 Å². The molecule has 0 aromatic carbocycles. The molecule has 1 rings (SSSR count). The fraction of sp³-hybridized carbons (Fsp3) is 1.00. The SMILES string of the molecule is CC(C)CC(CC(C)C)N1CC(C)C(N)C1. The first-order valence-corrected chi connectivity index (χ1v) is 6.89. The van der Waals surface area contributed by atoms with E-state index in [0.717, 1.165) is 24.4 Å². The standard InChI is InChI=1S/C14H30N2/c1-10(2)6-13(7-11(3)4)16-8-12(5)14(15)9-16/h10-14H,6-9,15H2,1-5H3. The molecule has 0 aliphatic carbocycles. The summed E-state index contributed by atoms with van der Waals surface area (Å²) in [6.07, 6.45) is 2.63. The molecular formula is C14H30N2. The van der Waals surface area contributed by atoms with Crippen molar-refractivity contribution < 1.29 is 0 Å². The van der Waals surface area contributed by atoms with Gasteiger partial charge in [-0.1, -0.05) is 34.6 Å². The quantitative estimate of drug-likeness (QED) is 0.781. The molecule has 0 saturated carbocycles. The second-order valence-electron chi connectivity index (χ2n) is 6.51. The van der Waals surface area contributed by atoms with Gasteiger partial charge >= 0.3 is 0 Å². The van der Waals surface area contributed by atoms with Crippen molar-refractivity contribution in [2.45, 2.75) is 59.5 Å². The average molecular weight is 226 g/mol. The van der Waals surface area contributed by atoms with E-state index in [1.54, 1.807) is 0 Å². The Morgan fingerprint density at radius 1 is 1.06 bits per heavy atom. The van der Waals surface area contributed by atoms with Crippen LogP contribution in [0, 0.1) is 17.8 Å². The third kappa shape index (κ3) is 4.06. The topological polar surface area (TPSA) is 29.3 Å². The number of nitrogens with zero attached hydrogens (tertiary/aromatic N) is 1. The van der Waals surface area contributed by atoms with Crippen LogP contribution in [0.25, 0.3) is 0 Å². The van der Waals surface area contributed by atoms with E-state index in [1.165, 1.54) is 19.4 Å². The molecule has 2 nitrogen and oxygen atoms in total. The van der Waals surface area contributed by atoms with Gasteiger partial charge in [0, 0.05) is 25.2 Å². The van der Waals surface area contributed by atoms with Crippen LogP contribution in [-0.2, 0) is 0 Å². The van der Waals surface area contributed by atoms with Gasteiger partial charge in [0.05, 0.1) is 0 Å². The molecule has 1 aliphatic heterocycles. The third-order valence-electron chi connectivity index (χ3n) is 3.70. The molecule has 2 unspecified atom stereocenters. The summed E-state index contributed by atoms with van der Waals surface area (Å²) in [7, 11) is 0. The fourth-order valence-electron chi connectivity index (χ4n) is 2.81. The predicted octanol–water partition coefficient (Wildman–Crippen LogP) is 2.73. The van der Waals surface area contributed by atoms with E-state index in [0.29, 0.717) is 12.0 Å². The van der Waals surface area contributed by atoms with Crippen molar-refractivity contribution in [3.63, 3.8) is 0 Å². The molecule has 0 aromatic heterocycles. The highest BCUT2D eigenvalue weighted by molar-refractivity contribution is 4.88. The summed E-state index contributed by atoms with van der Waals surface area (Å²) in [6, 6.07) is 1.14. The Morgan fingerprint density at radius 3 is 1.88 bits per heavy atom. The molecule has 0 aromatic rings. The first-order valence-electron chi connectivity index (χ1n) is 6.89. The molecule has 0 bridgehead atoms. The first kappa shape index (κ1) is 14.0. The summed E-state index contributed by atoms with van der Waals surface area (Å²) in [5.41, 5.74) is 6.13. The van der Waals surface area contributed by atoms with Crippen LogP contribution >= 0.6 is 0 Å². The Bertz CT molecular complexity index is 181. The zero-order valence-electron chi connectivity index (χ0n) is 11.7. The van der Waals surface area contributed by atoms with Crippen LogP contribution in [-0.4, -0.2) is 30.1 Å². The number of nitrogens with two attached hydrogens (primary N) is 1. The fourth-order valence-corrected chi connectivity index (χ4v) is 2.81. The van der Waals surface area contributed by atoms with Crippen molar-refractivity contribution in [2.24, 2.45) is 23.5 Å².